The third-order valence-corrected chi connectivity index (χ3v) is 13.3. The monoisotopic (exact) mass is 894 g/mol. The summed E-state index contributed by atoms with van der Waals surface area (Å²) < 4.78 is 49.0. The normalized spacial score (nSPS) is 16.7. The SMILES string of the molecule is CS(=O)(=O)c1ccc(-c2ccc3cc(OCc4ccccc4)ccc3c2Oc2ccc(OCCOCCN3CCN(c4ccc5c(c4)C(=O)N(C4CCC(=O)NC4=O)C5)CC3)cc2)cc1. The number of rotatable bonds is 16. The van der Waals surface area contributed by atoms with Crippen molar-refractivity contribution < 1.29 is 41.7 Å². The van der Waals surface area contributed by atoms with E-state index in [0.29, 0.717) is 62.2 Å². The van der Waals surface area contributed by atoms with E-state index in [0.717, 1.165) is 77.2 Å². The minimum atomic E-state index is -3.35. The summed E-state index contributed by atoms with van der Waals surface area (Å²) in [7, 11) is -3.35. The number of hydrogen-bond donors (Lipinski definition) is 1. The van der Waals surface area contributed by atoms with Crippen molar-refractivity contribution >= 4 is 44.0 Å². The predicted octanol–water partition coefficient (Wildman–Crippen LogP) is 7.26. The van der Waals surface area contributed by atoms with Gasteiger partial charge in [0, 0.05) is 74.1 Å². The van der Waals surface area contributed by atoms with Crippen molar-refractivity contribution in [3.05, 3.63) is 144 Å². The fraction of sp³-hybridized carbons (Fsp3) is 0.275. The molecule has 14 heteroatoms. The maximum atomic E-state index is 13.3. The fourth-order valence-electron chi connectivity index (χ4n) is 8.53. The van der Waals surface area contributed by atoms with Crippen LogP contribution in [0.4, 0.5) is 5.69 Å². The van der Waals surface area contributed by atoms with Crippen LogP contribution in [0, 0.1) is 0 Å². The van der Waals surface area contributed by atoms with Crippen LogP contribution < -0.4 is 24.4 Å². The first-order valence-electron chi connectivity index (χ1n) is 21.8. The molecule has 13 nitrogen and oxygen atoms in total. The topological polar surface area (TPSA) is 144 Å². The number of nitrogens with one attached hydrogen (secondary N) is 1. The van der Waals surface area contributed by atoms with Crippen molar-refractivity contribution in [2.24, 2.45) is 0 Å². The Morgan fingerprint density at radius 3 is 2.22 bits per heavy atom. The molecule has 1 unspecified atom stereocenters. The zero-order valence-corrected chi connectivity index (χ0v) is 36.9. The molecule has 3 aliphatic rings. The maximum Gasteiger partial charge on any atom is 0.255 e. The first-order chi connectivity index (χ1) is 31.6. The lowest BCUT2D eigenvalue weighted by molar-refractivity contribution is -0.136. The van der Waals surface area contributed by atoms with Gasteiger partial charge in [0.15, 0.2) is 9.84 Å². The summed E-state index contributed by atoms with van der Waals surface area (Å²) in [6.45, 7) is 6.37. The summed E-state index contributed by atoms with van der Waals surface area (Å²) in [5.74, 6) is 1.81. The van der Waals surface area contributed by atoms with Crippen molar-refractivity contribution in [1.82, 2.24) is 15.1 Å². The van der Waals surface area contributed by atoms with Gasteiger partial charge in [-0.25, -0.2) is 8.42 Å². The highest BCUT2D eigenvalue weighted by atomic mass is 32.2. The number of imide groups is 1. The Hall–Kier alpha value is -6.74. The van der Waals surface area contributed by atoms with Gasteiger partial charge >= 0.3 is 0 Å². The molecule has 3 aliphatic heterocycles. The highest BCUT2D eigenvalue weighted by Crippen LogP contribution is 2.41. The summed E-state index contributed by atoms with van der Waals surface area (Å²) in [6, 6.07) is 39.5. The number of hydrogen-bond acceptors (Lipinski definition) is 11. The Morgan fingerprint density at radius 1 is 0.708 bits per heavy atom. The van der Waals surface area contributed by atoms with Gasteiger partial charge < -0.3 is 28.7 Å². The van der Waals surface area contributed by atoms with E-state index in [9.17, 15) is 22.8 Å². The van der Waals surface area contributed by atoms with Crippen molar-refractivity contribution in [1.29, 1.82) is 0 Å². The molecule has 2 saturated heterocycles. The standard InChI is InChI=1S/C51H50N4O9S/c1-65(59,60)43-17-8-36(9-18-43)44-19-10-37-31-42(63-34-35-5-3-2-4-6-35)16-20-45(37)49(44)64-41-14-12-40(13-15-41)62-30-29-61-28-27-53-23-25-54(26-24-53)39-11-7-38-33-55(51(58)46(38)32-39)47-21-22-48(56)52-50(47)57/h2-20,31-32,47H,21-30,33-34H2,1H3,(H,52,56,57). The molecule has 9 rings (SSSR count). The van der Waals surface area contributed by atoms with Gasteiger partial charge in [0.1, 0.15) is 42.3 Å². The second-order valence-electron chi connectivity index (χ2n) is 16.5. The smallest absolute Gasteiger partial charge is 0.255 e. The second kappa shape index (κ2) is 19.2. The van der Waals surface area contributed by atoms with Crippen molar-refractivity contribution in [3.63, 3.8) is 0 Å². The molecule has 0 aliphatic carbocycles. The van der Waals surface area contributed by atoms with E-state index in [1.165, 1.54) is 6.26 Å². The molecule has 0 saturated carbocycles. The molecular formula is C51H50N4O9S. The van der Waals surface area contributed by atoms with E-state index in [1.54, 1.807) is 29.2 Å². The van der Waals surface area contributed by atoms with Gasteiger partial charge in [0.25, 0.3) is 5.91 Å². The molecule has 1 N–H and O–H groups in total. The van der Waals surface area contributed by atoms with Crippen LogP contribution in [0.1, 0.15) is 34.3 Å². The van der Waals surface area contributed by atoms with E-state index in [2.05, 4.69) is 15.1 Å². The molecule has 1 atom stereocenters. The molecule has 3 amide bonds. The van der Waals surface area contributed by atoms with Crippen LogP contribution in [0.3, 0.4) is 0 Å². The molecule has 0 spiro atoms. The predicted molar refractivity (Wildman–Crippen MR) is 247 cm³/mol. The lowest BCUT2D eigenvalue weighted by Gasteiger charge is -2.36. The molecule has 6 aromatic rings. The largest absolute Gasteiger partial charge is 0.491 e. The molecule has 0 aromatic heterocycles. The number of fused-ring (bicyclic) bond motifs is 2. The van der Waals surface area contributed by atoms with E-state index in [1.807, 2.05) is 103 Å². The average Bonchev–Trinajstić information content (AvgIpc) is 3.64. The van der Waals surface area contributed by atoms with E-state index < -0.39 is 21.8 Å². The number of piperidine rings is 1. The molecular weight excluding hydrogens is 845 g/mol. The van der Waals surface area contributed by atoms with Crippen LogP contribution in [0.5, 0.6) is 23.0 Å². The molecule has 65 heavy (non-hydrogen) atoms. The van der Waals surface area contributed by atoms with E-state index in [4.69, 9.17) is 18.9 Å². The number of benzene rings is 6. The minimum Gasteiger partial charge on any atom is -0.491 e. The highest BCUT2D eigenvalue weighted by molar-refractivity contribution is 7.90. The van der Waals surface area contributed by atoms with Crippen LogP contribution >= 0.6 is 0 Å². The number of anilines is 1. The zero-order valence-electron chi connectivity index (χ0n) is 36.1. The van der Waals surface area contributed by atoms with E-state index in [-0.39, 0.29) is 23.1 Å². The summed E-state index contributed by atoms with van der Waals surface area (Å²) in [6.07, 6.45) is 1.78. The molecule has 334 valence electrons. The van der Waals surface area contributed by atoms with Gasteiger partial charge in [-0.3, -0.25) is 24.6 Å². The average molecular weight is 895 g/mol. The molecule has 0 radical (unpaired) electrons. The third-order valence-electron chi connectivity index (χ3n) is 12.1. The van der Waals surface area contributed by atoms with Crippen LogP contribution in [-0.2, 0) is 37.3 Å². The van der Waals surface area contributed by atoms with Crippen molar-refractivity contribution in [3.8, 4) is 34.1 Å². The van der Waals surface area contributed by atoms with Gasteiger partial charge in [0.05, 0.1) is 18.1 Å². The lowest BCUT2D eigenvalue weighted by Crippen LogP contribution is -2.52. The number of sulfone groups is 1. The van der Waals surface area contributed by atoms with E-state index >= 15 is 0 Å². The molecule has 6 aromatic carbocycles. The number of amides is 3. The molecule has 2 fully saturated rings. The van der Waals surface area contributed by atoms with Gasteiger partial charge in [-0.1, -0.05) is 54.6 Å². The first kappa shape index (κ1) is 43.5. The van der Waals surface area contributed by atoms with Crippen molar-refractivity contribution in [2.75, 3.05) is 63.7 Å². The third kappa shape index (κ3) is 10.1. The maximum absolute atomic E-state index is 13.3. The summed E-state index contributed by atoms with van der Waals surface area (Å²) in [5, 5.41) is 4.17. The number of carbonyl (C=O) groups excluding carboxylic acids is 3. The Labute approximate surface area is 378 Å². The number of nitrogens with zero attached hydrogens (tertiary/aromatic N) is 3. The second-order valence-corrected chi connectivity index (χ2v) is 18.5. The van der Waals surface area contributed by atoms with Crippen molar-refractivity contribution in [2.45, 2.75) is 36.9 Å². The molecule has 3 heterocycles. The quantitative estimate of drug-likeness (QED) is 0.0775. The number of piperazine rings is 1. The zero-order chi connectivity index (χ0) is 44.9. The van der Waals surface area contributed by atoms with Crippen LogP contribution in [0.2, 0.25) is 0 Å². The highest BCUT2D eigenvalue weighted by Gasteiger charge is 2.39. The molecule has 0 bridgehead atoms. The van der Waals surface area contributed by atoms with Crippen LogP contribution in [0.15, 0.2) is 132 Å². The summed E-state index contributed by atoms with van der Waals surface area (Å²) in [5.41, 5.74) is 5.23. The Balaban J connectivity index is 0.752. The first-order valence-corrected chi connectivity index (χ1v) is 23.7. The summed E-state index contributed by atoms with van der Waals surface area (Å²) >= 11 is 0. The summed E-state index contributed by atoms with van der Waals surface area (Å²) in [4.78, 5) is 43.9. The van der Waals surface area contributed by atoms with Gasteiger partial charge in [-0.05, 0) is 101 Å². The van der Waals surface area contributed by atoms with Crippen LogP contribution in [0.25, 0.3) is 21.9 Å². The number of carbonyl (C=O) groups is 3. The van der Waals surface area contributed by atoms with Gasteiger partial charge in [0.2, 0.25) is 11.8 Å². The fourth-order valence-corrected chi connectivity index (χ4v) is 9.16. The lowest BCUT2D eigenvalue weighted by atomic mass is 9.99. The van der Waals surface area contributed by atoms with Gasteiger partial charge in [-0.15, -0.1) is 0 Å². The Kier molecular flexibility index (Phi) is 12.8. The van der Waals surface area contributed by atoms with Crippen LogP contribution in [-0.4, -0.2) is 101 Å². The van der Waals surface area contributed by atoms with Gasteiger partial charge in [-0.2, -0.15) is 0 Å². The minimum absolute atomic E-state index is 0.160. The Bertz CT molecular complexity index is 2810. The Morgan fingerprint density at radius 2 is 1.46 bits per heavy atom. The number of ether oxygens (including phenoxy) is 4.